The van der Waals surface area contributed by atoms with E-state index in [-0.39, 0.29) is 5.69 Å². The van der Waals surface area contributed by atoms with Crippen LogP contribution in [0, 0.1) is 0 Å². The molecule has 3 aromatic carbocycles. The van der Waals surface area contributed by atoms with Crippen LogP contribution in [-0.4, -0.2) is 28.2 Å². The number of hydrazone groups is 1. The van der Waals surface area contributed by atoms with Crippen LogP contribution in [0.5, 0.6) is 0 Å². The summed E-state index contributed by atoms with van der Waals surface area (Å²) in [5.41, 5.74) is 3.39. The van der Waals surface area contributed by atoms with Crippen molar-refractivity contribution < 1.29 is 9.59 Å². The number of amides is 2. The SMILES string of the molecule is O=C(N[C@H](C(=O)N/N=C\c1ccccc1Br)c1n[nH]c(=O)c2ccccc12)c1ccccc1. The van der Waals surface area contributed by atoms with E-state index < -0.39 is 23.4 Å². The smallest absolute Gasteiger partial charge is 0.272 e. The van der Waals surface area contributed by atoms with Crippen molar-refractivity contribution >= 4 is 44.7 Å². The highest BCUT2D eigenvalue weighted by Gasteiger charge is 2.27. The Labute approximate surface area is 196 Å². The van der Waals surface area contributed by atoms with Crippen molar-refractivity contribution in [1.82, 2.24) is 20.9 Å². The number of nitrogens with zero attached hydrogens (tertiary/aromatic N) is 2. The average Bonchev–Trinajstić information content (AvgIpc) is 2.85. The Morgan fingerprint density at radius 1 is 0.939 bits per heavy atom. The highest BCUT2D eigenvalue weighted by molar-refractivity contribution is 9.10. The number of carbonyl (C=O) groups excluding carboxylic acids is 2. The Morgan fingerprint density at radius 2 is 1.61 bits per heavy atom. The number of halogens is 1. The van der Waals surface area contributed by atoms with Crippen molar-refractivity contribution in [2.45, 2.75) is 6.04 Å². The minimum Gasteiger partial charge on any atom is -0.335 e. The zero-order valence-corrected chi connectivity index (χ0v) is 18.7. The molecule has 164 valence electrons. The van der Waals surface area contributed by atoms with E-state index in [1.807, 2.05) is 24.3 Å². The number of rotatable bonds is 6. The molecule has 4 rings (SSSR count). The summed E-state index contributed by atoms with van der Waals surface area (Å²) >= 11 is 3.42. The van der Waals surface area contributed by atoms with E-state index in [1.54, 1.807) is 54.6 Å². The first-order valence-electron chi connectivity index (χ1n) is 9.95. The molecule has 0 radical (unpaired) electrons. The Morgan fingerprint density at radius 3 is 2.36 bits per heavy atom. The zero-order valence-electron chi connectivity index (χ0n) is 17.2. The second-order valence-electron chi connectivity index (χ2n) is 7.01. The normalized spacial score (nSPS) is 11.9. The van der Waals surface area contributed by atoms with Crippen LogP contribution in [0.15, 0.2) is 93.2 Å². The van der Waals surface area contributed by atoms with Gasteiger partial charge in [0.2, 0.25) is 0 Å². The molecule has 1 atom stereocenters. The molecule has 0 aliphatic rings. The summed E-state index contributed by atoms with van der Waals surface area (Å²) in [5.74, 6) is -1.09. The summed E-state index contributed by atoms with van der Waals surface area (Å²) in [6, 6.07) is 21.4. The molecule has 0 saturated heterocycles. The van der Waals surface area contributed by atoms with Crippen molar-refractivity contribution in [3.05, 3.63) is 111 Å². The number of hydrogen-bond acceptors (Lipinski definition) is 5. The minimum atomic E-state index is -1.21. The summed E-state index contributed by atoms with van der Waals surface area (Å²) < 4.78 is 0.810. The van der Waals surface area contributed by atoms with Crippen LogP contribution in [0.3, 0.4) is 0 Å². The van der Waals surface area contributed by atoms with Gasteiger partial charge < -0.3 is 5.32 Å². The second kappa shape index (κ2) is 10.0. The number of aromatic amines is 1. The maximum Gasteiger partial charge on any atom is 0.272 e. The van der Waals surface area contributed by atoms with E-state index in [0.717, 1.165) is 10.0 Å². The first kappa shape index (κ1) is 22.1. The van der Waals surface area contributed by atoms with Crippen molar-refractivity contribution in [2.75, 3.05) is 0 Å². The molecule has 2 amide bonds. The molecule has 0 aliphatic heterocycles. The number of aromatic nitrogens is 2. The van der Waals surface area contributed by atoms with Crippen LogP contribution in [-0.2, 0) is 4.79 Å². The topological polar surface area (TPSA) is 116 Å². The van der Waals surface area contributed by atoms with Gasteiger partial charge in [0, 0.05) is 21.0 Å². The Balaban J connectivity index is 1.68. The number of benzene rings is 3. The van der Waals surface area contributed by atoms with Gasteiger partial charge in [-0.15, -0.1) is 0 Å². The third-order valence-electron chi connectivity index (χ3n) is 4.86. The van der Waals surface area contributed by atoms with Crippen LogP contribution >= 0.6 is 15.9 Å². The fraction of sp³-hybridized carbons (Fsp3) is 0.0417. The lowest BCUT2D eigenvalue weighted by molar-refractivity contribution is -0.123. The maximum absolute atomic E-state index is 13.1. The molecule has 9 heteroatoms. The average molecular weight is 504 g/mol. The predicted octanol–water partition coefficient (Wildman–Crippen LogP) is 3.31. The number of hydrogen-bond donors (Lipinski definition) is 3. The van der Waals surface area contributed by atoms with Gasteiger partial charge in [0.05, 0.1) is 11.6 Å². The number of H-pyrrole nitrogens is 1. The van der Waals surface area contributed by atoms with Gasteiger partial charge in [-0.2, -0.15) is 10.2 Å². The third-order valence-corrected chi connectivity index (χ3v) is 5.58. The van der Waals surface area contributed by atoms with Gasteiger partial charge in [0.1, 0.15) is 5.69 Å². The highest BCUT2D eigenvalue weighted by Crippen LogP contribution is 2.20. The monoisotopic (exact) mass is 503 g/mol. The first-order valence-corrected chi connectivity index (χ1v) is 10.7. The van der Waals surface area contributed by atoms with Crippen LogP contribution in [0.25, 0.3) is 10.8 Å². The van der Waals surface area contributed by atoms with E-state index >= 15 is 0 Å². The summed E-state index contributed by atoms with van der Waals surface area (Å²) in [6.07, 6.45) is 1.48. The summed E-state index contributed by atoms with van der Waals surface area (Å²) in [7, 11) is 0. The molecule has 0 saturated carbocycles. The Hall–Kier alpha value is -4.11. The minimum absolute atomic E-state index is 0.197. The lowest BCUT2D eigenvalue weighted by Gasteiger charge is -2.18. The molecule has 0 bridgehead atoms. The third kappa shape index (κ3) is 5.04. The number of fused-ring (bicyclic) bond motifs is 1. The van der Waals surface area contributed by atoms with E-state index in [2.05, 4.69) is 42.0 Å². The lowest BCUT2D eigenvalue weighted by atomic mass is 10.0. The van der Waals surface area contributed by atoms with Crippen LogP contribution in [0.2, 0.25) is 0 Å². The van der Waals surface area contributed by atoms with Crippen molar-refractivity contribution in [3.8, 4) is 0 Å². The highest BCUT2D eigenvalue weighted by atomic mass is 79.9. The maximum atomic E-state index is 13.1. The van der Waals surface area contributed by atoms with Crippen molar-refractivity contribution in [2.24, 2.45) is 5.10 Å². The van der Waals surface area contributed by atoms with Gasteiger partial charge in [-0.05, 0) is 24.3 Å². The Kier molecular flexibility index (Phi) is 6.70. The van der Waals surface area contributed by atoms with Gasteiger partial charge in [-0.3, -0.25) is 14.4 Å². The molecule has 0 unspecified atom stereocenters. The van der Waals surface area contributed by atoms with Crippen LogP contribution < -0.4 is 16.3 Å². The molecule has 0 aliphatic carbocycles. The number of carbonyl (C=O) groups is 2. The number of nitrogens with one attached hydrogen (secondary N) is 3. The molecular formula is C24H18BrN5O3. The summed E-state index contributed by atoms with van der Waals surface area (Å²) in [6.45, 7) is 0. The Bertz CT molecular complexity index is 1400. The largest absolute Gasteiger partial charge is 0.335 e. The standard InChI is InChI=1S/C24H18BrN5O3/c25-19-13-7-4-10-16(19)14-26-29-24(33)21(27-22(31)15-8-2-1-3-9-15)20-17-11-5-6-12-18(17)23(32)30-28-20/h1-14,21H,(H,27,31)(H,29,33)(H,30,32)/b26-14-/t21-/m0/s1. The molecule has 0 fully saturated rings. The van der Waals surface area contributed by atoms with Crippen molar-refractivity contribution in [1.29, 1.82) is 0 Å². The van der Waals surface area contributed by atoms with Gasteiger partial charge in [-0.1, -0.05) is 70.5 Å². The lowest BCUT2D eigenvalue weighted by Crippen LogP contribution is -2.40. The van der Waals surface area contributed by atoms with E-state index in [0.29, 0.717) is 16.3 Å². The molecule has 8 nitrogen and oxygen atoms in total. The quantitative estimate of drug-likeness (QED) is 0.276. The van der Waals surface area contributed by atoms with Gasteiger partial charge in [0.15, 0.2) is 6.04 Å². The van der Waals surface area contributed by atoms with E-state index in [9.17, 15) is 14.4 Å². The summed E-state index contributed by atoms with van der Waals surface area (Å²) in [4.78, 5) is 38.2. The molecule has 3 N–H and O–H groups in total. The predicted molar refractivity (Wildman–Crippen MR) is 129 cm³/mol. The van der Waals surface area contributed by atoms with Gasteiger partial charge >= 0.3 is 0 Å². The molecule has 1 heterocycles. The molecule has 0 spiro atoms. The second-order valence-corrected chi connectivity index (χ2v) is 7.87. The fourth-order valence-corrected chi connectivity index (χ4v) is 3.61. The molecular weight excluding hydrogens is 486 g/mol. The van der Waals surface area contributed by atoms with Gasteiger partial charge in [0.25, 0.3) is 17.4 Å². The van der Waals surface area contributed by atoms with Crippen LogP contribution in [0.1, 0.15) is 27.7 Å². The van der Waals surface area contributed by atoms with Crippen LogP contribution in [0.4, 0.5) is 0 Å². The fourth-order valence-electron chi connectivity index (χ4n) is 3.23. The van der Waals surface area contributed by atoms with E-state index in [1.165, 1.54) is 6.21 Å². The van der Waals surface area contributed by atoms with Crippen molar-refractivity contribution in [3.63, 3.8) is 0 Å². The summed E-state index contributed by atoms with van der Waals surface area (Å²) in [5, 5.41) is 14.0. The molecule has 4 aromatic rings. The molecule has 1 aromatic heterocycles. The first-order chi connectivity index (χ1) is 16.0. The van der Waals surface area contributed by atoms with Gasteiger partial charge in [-0.25, -0.2) is 10.5 Å². The molecule has 33 heavy (non-hydrogen) atoms. The zero-order chi connectivity index (χ0) is 23.2. The van der Waals surface area contributed by atoms with E-state index in [4.69, 9.17) is 0 Å².